The first kappa shape index (κ1) is 14.4. The highest BCUT2D eigenvalue weighted by molar-refractivity contribution is 7.12. The van der Waals surface area contributed by atoms with Crippen LogP contribution in [-0.4, -0.2) is 0 Å². The van der Waals surface area contributed by atoms with E-state index in [-0.39, 0.29) is 5.38 Å². The summed E-state index contributed by atoms with van der Waals surface area (Å²) in [5.41, 5.74) is 3.81. The molecule has 0 saturated carbocycles. The summed E-state index contributed by atoms with van der Waals surface area (Å²) in [6, 6.07) is 23.4. The fourth-order valence-corrected chi connectivity index (χ4v) is 3.63. The zero-order chi connectivity index (χ0) is 14.7. The van der Waals surface area contributed by atoms with Crippen LogP contribution in [0.2, 0.25) is 0 Å². The third kappa shape index (κ3) is 3.55. The zero-order valence-corrected chi connectivity index (χ0v) is 13.5. The molecule has 0 aliphatic carbocycles. The normalized spacial score (nSPS) is 12.3. The summed E-state index contributed by atoms with van der Waals surface area (Å²) in [5, 5.41) is -0.0468. The Hall–Kier alpha value is -1.57. The first-order chi connectivity index (χ1) is 10.2. The Morgan fingerprint density at radius 2 is 1.52 bits per heavy atom. The molecular weight excluding hydrogens is 296 g/mol. The molecule has 0 aliphatic rings. The van der Waals surface area contributed by atoms with E-state index >= 15 is 0 Å². The molecule has 0 fully saturated rings. The van der Waals surface area contributed by atoms with Gasteiger partial charge in [-0.15, -0.1) is 22.9 Å². The highest BCUT2D eigenvalue weighted by atomic mass is 35.5. The van der Waals surface area contributed by atoms with Gasteiger partial charge in [0.1, 0.15) is 0 Å². The standard InChI is InChI=1S/C19H17ClS/c1-14-7-12-18(21-14)19(20)17-10-8-16(9-11-17)13-15-5-3-2-4-6-15/h2-12,19H,13H2,1H3. The fraction of sp³-hybridized carbons (Fsp3) is 0.158. The fourth-order valence-electron chi connectivity index (χ4n) is 2.39. The first-order valence-electron chi connectivity index (χ1n) is 7.05. The van der Waals surface area contributed by atoms with Crippen LogP contribution in [-0.2, 0) is 6.42 Å². The minimum Gasteiger partial charge on any atom is -0.144 e. The van der Waals surface area contributed by atoms with Crippen molar-refractivity contribution in [2.24, 2.45) is 0 Å². The average molecular weight is 313 g/mol. The number of halogens is 1. The summed E-state index contributed by atoms with van der Waals surface area (Å²) in [4.78, 5) is 2.52. The van der Waals surface area contributed by atoms with E-state index < -0.39 is 0 Å². The second-order valence-corrected chi connectivity index (χ2v) is 6.97. The zero-order valence-electron chi connectivity index (χ0n) is 11.9. The van der Waals surface area contributed by atoms with Gasteiger partial charge in [0.05, 0.1) is 5.38 Å². The lowest BCUT2D eigenvalue weighted by atomic mass is 10.0. The summed E-state index contributed by atoms with van der Waals surface area (Å²) in [6.07, 6.45) is 0.964. The molecule has 0 radical (unpaired) electrons. The van der Waals surface area contributed by atoms with Gasteiger partial charge in [0.2, 0.25) is 0 Å². The summed E-state index contributed by atoms with van der Waals surface area (Å²) < 4.78 is 0. The van der Waals surface area contributed by atoms with Crippen molar-refractivity contribution in [2.75, 3.05) is 0 Å². The molecule has 1 unspecified atom stereocenters. The smallest absolute Gasteiger partial charge is 0.0927 e. The molecule has 0 aliphatic heterocycles. The lowest BCUT2D eigenvalue weighted by Crippen LogP contribution is -1.92. The van der Waals surface area contributed by atoms with Crippen LogP contribution in [0.1, 0.15) is 31.8 Å². The second-order valence-electron chi connectivity index (χ2n) is 5.21. The molecule has 1 aromatic heterocycles. The van der Waals surface area contributed by atoms with E-state index in [1.54, 1.807) is 11.3 Å². The van der Waals surface area contributed by atoms with Crippen molar-refractivity contribution in [3.63, 3.8) is 0 Å². The number of thiophene rings is 1. The molecule has 0 saturated heterocycles. The van der Waals surface area contributed by atoms with Crippen LogP contribution >= 0.6 is 22.9 Å². The SMILES string of the molecule is Cc1ccc(C(Cl)c2ccc(Cc3ccccc3)cc2)s1. The average Bonchev–Trinajstić information content (AvgIpc) is 2.95. The predicted octanol–water partition coefficient (Wildman–Crippen LogP) is 5.98. The monoisotopic (exact) mass is 312 g/mol. The minimum absolute atomic E-state index is 0.0468. The minimum atomic E-state index is -0.0468. The molecule has 1 heterocycles. The molecule has 3 rings (SSSR count). The van der Waals surface area contributed by atoms with Gasteiger partial charge in [-0.25, -0.2) is 0 Å². The summed E-state index contributed by atoms with van der Waals surface area (Å²) >= 11 is 8.33. The van der Waals surface area contributed by atoms with E-state index in [1.165, 1.54) is 20.9 Å². The number of hydrogen-bond donors (Lipinski definition) is 0. The van der Waals surface area contributed by atoms with E-state index in [1.807, 2.05) is 6.07 Å². The molecule has 0 spiro atoms. The van der Waals surface area contributed by atoms with Gasteiger partial charge >= 0.3 is 0 Å². The van der Waals surface area contributed by atoms with Crippen LogP contribution in [0.5, 0.6) is 0 Å². The van der Waals surface area contributed by atoms with Crippen molar-refractivity contribution in [2.45, 2.75) is 18.7 Å². The third-order valence-corrected chi connectivity index (χ3v) is 5.22. The Morgan fingerprint density at radius 1 is 0.857 bits per heavy atom. The van der Waals surface area contributed by atoms with Gasteiger partial charge in [0, 0.05) is 9.75 Å². The molecule has 0 N–H and O–H groups in total. The van der Waals surface area contributed by atoms with Crippen LogP contribution in [0.4, 0.5) is 0 Å². The number of benzene rings is 2. The molecule has 21 heavy (non-hydrogen) atoms. The molecule has 106 valence electrons. The number of hydrogen-bond acceptors (Lipinski definition) is 1. The molecule has 1 atom stereocenters. The molecular formula is C19H17ClS. The van der Waals surface area contributed by atoms with E-state index in [9.17, 15) is 0 Å². The highest BCUT2D eigenvalue weighted by Crippen LogP contribution is 2.33. The van der Waals surface area contributed by atoms with Crippen LogP contribution in [0, 0.1) is 6.92 Å². The number of alkyl halides is 1. The maximum absolute atomic E-state index is 6.57. The lowest BCUT2D eigenvalue weighted by Gasteiger charge is -2.09. The molecule has 0 nitrogen and oxygen atoms in total. The highest BCUT2D eigenvalue weighted by Gasteiger charge is 2.12. The summed E-state index contributed by atoms with van der Waals surface area (Å²) in [7, 11) is 0. The van der Waals surface area contributed by atoms with Gasteiger partial charge in [-0.05, 0) is 42.2 Å². The van der Waals surface area contributed by atoms with Crippen molar-refractivity contribution in [1.29, 1.82) is 0 Å². The topological polar surface area (TPSA) is 0 Å². The Morgan fingerprint density at radius 3 is 2.14 bits per heavy atom. The molecule has 0 bridgehead atoms. The molecule has 2 aromatic carbocycles. The van der Waals surface area contributed by atoms with Crippen LogP contribution in [0.3, 0.4) is 0 Å². The second kappa shape index (κ2) is 6.46. The molecule has 2 heteroatoms. The summed E-state index contributed by atoms with van der Waals surface area (Å²) in [6.45, 7) is 2.11. The third-order valence-electron chi connectivity index (χ3n) is 3.53. The van der Waals surface area contributed by atoms with E-state index in [4.69, 9.17) is 11.6 Å². The van der Waals surface area contributed by atoms with Crippen molar-refractivity contribution in [3.05, 3.63) is 93.2 Å². The number of rotatable bonds is 4. The van der Waals surface area contributed by atoms with Gasteiger partial charge in [0.15, 0.2) is 0 Å². The lowest BCUT2D eigenvalue weighted by molar-refractivity contribution is 1.14. The van der Waals surface area contributed by atoms with Crippen LogP contribution in [0.15, 0.2) is 66.7 Å². The van der Waals surface area contributed by atoms with Crippen molar-refractivity contribution >= 4 is 22.9 Å². The quantitative estimate of drug-likeness (QED) is 0.520. The first-order valence-corrected chi connectivity index (χ1v) is 8.31. The Kier molecular flexibility index (Phi) is 4.42. The van der Waals surface area contributed by atoms with Crippen LogP contribution in [0.25, 0.3) is 0 Å². The van der Waals surface area contributed by atoms with Crippen molar-refractivity contribution in [3.8, 4) is 0 Å². The Bertz CT molecular complexity index is 698. The van der Waals surface area contributed by atoms with Gasteiger partial charge in [-0.3, -0.25) is 0 Å². The van der Waals surface area contributed by atoms with E-state index in [0.717, 1.165) is 12.0 Å². The number of aryl methyl sites for hydroxylation is 1. The predicted molar refractivity (Wildman–Crippen MR) is 92.4 cm³/mol. The van der Waals surface area contributed by atoms with E-state index in [0.29, 0.717) is 0 Å². The van der Waals surface area contributed by atoms with Crippen LogP contribution < -0.4 is 0 Å². The van der Waals surface area contributed by atoms with Crippen molar-refractivity contribution < 1.29 is 0 Å². The molecule has 3 aromatic rings. The van der Waals surface area contributed by atoms with Gasteiger partial charge in [-0.2, -0.15) is 0 Å². The van der Waals surface area contributed by atoms with Gasteiger partial charge < -0.3 is 0 Å². The Balaban J connectivity index is 1.75. The van der Waals surface area contributed by atoms with Gasteiger partial charge in [0.25, 0.3) is 0 Å². The Labute approximate surface area is 135 Å². The van der Waals surface area contributed by atoms with E-state index in [2.05, 4.69) is 67.6 Å². The van der Waals surface area contributed by atoms with Gasteiger partial charge in [-0.1, -0.05) is 54.6 Å². The van der Waals surface area contributed by atoms with Crippen molar-refractivity contribution in [1.82, 2.24) is 0 Å². The molecule has 0 amide bonds. The maximum Gasteiger partial charge on any atom is 0.0927 e. The largest absolute Gasteiger partial charge is 0.144 e. The summed E-state index contributed by atoms with van der Waals surface area (Å²) in [5.74, 6) is 0. The maximum atomic E-state index is 6.57.